The van der Waals surface area contributed by atoms with E-state index >= 15 is 0 Å². The normalized spacial score (nSPS) is 23.4. The Labute approximate surface area is 117 Å². The molecule has 110 valence electrons. The van der Waals surface area contributed by atoms with Gasteiger partial charge < -0.3 is 20.1 Å². The Morgan fingerprint density at radius 2 is 2.10 bits per heavy atom. The number of hydrogen-bond donors (Lipinski definition) is 2. The molecule has 3 atom stereocenters. The summed E-state index contributed by atoms with van der Waals surface area (Å²) in [7, 11) is 1.59. The van der Waals surface area contributed by atoms with Crippen LogP contribution >= 0.6 is 0 Å². The van der Waals surface area contributed by atoms with Crippen LogP contribution in [0, 0.1) is 5.82 Å². The van der Waals surface area contributed by atoms with Crippen molar-refractivity contribution in [3.8, 4) is 0 Å². The molecule has 20 heavy (non-hydrogen) atoms. The van der Waals surface area contributed by atoms with Gasteiger partial charge in [0.2, 0.25) is 0 Å². The maximum absolute atomic E-state index is 12.8. The second kappa shape index (κ2) is 6.67. The minimum atomic E-state index is -0.295. The maximum atomic E-state index is 12.8. The Bertz CT molecular complexity index is 452. The van der Waals surface area contributed by atoms with Crippen molar-refractivity contribution >= 4 is 6.03 Å². The van der Waals surface area contributed by atoms with Crippen molar-refractivity contribution in [3.05, 3.63) is 35.6 Å². The molecule has 0 spiro atoms. The van der Waals surface area contributed by atoms with Crippen molar-refractivity contribution in [3.63, 3.8) is 0 Å². The predicted octanol–water partition coefficient (Wildman–Crippen LogP) is 1.60. The van der Waals surface area contributed by atoms with Crippen molar-refractivity contribution in [1.29, 1.82) is 0 Å². The van der Waals surface area contributed by atoms with Crippen molar-refractivity contribution in [2.45, 2.75) is 25.1 Å². The minimum absolute atomic E-state index is 0.123. The summed E-state index contributed by atoms with van der Waals surface area (Å²) < 4.78 is 23.3. The lowest BCUT2D eigenvalue weighted by atomic mass is 10.1. The van der Waals surface area contributed by atoms with Crippen LogP contribution in [0.3, 0.4) is 0 Å². The van der Waals surface area contributed by atoms with Gasteiger partial charge in [-0.25, -0.2) is 9.18 Å². The second-order valence-electron chi connectivity index (χ2n) is 4.81. The van der Waals surface area contributed by atoms with Gasteiger partial charge in [0.25, 0.3) is 0 Å². The van der Waals surface area contributed by atoms with Crippen LogP contribution in [0.1, 0.15) is 18.5 Å². The number of hydrogen-bond acceptors (Lipinski definition) is 3. The number of rotatable bonds is 4. The SMILES string of the molecule is CO[C@@H]1COC[C@@H]1NC(=O)N[C@H](C)c1ccc(F)cc1. The third-order valence-electron chi connectivity index (χ3n) is 3.37. The second-order valence-corrected chi connectivity index (χ2v) is 4.81. The number of methoxy groups -OCH3 is 1. The van der Waals surface area contributed by atoms with Crippen LogP contribution in [0.15, 0.2) is 24.3 Å². The Balaban J connectivity index is 1.86. The number of ether oxygens (including phenoxy) is 2. The topological polar surface area (TPSA) is 59.6 Å². The summed E-state index contributed by atoms with van der Waals surface area (Å²) in [4.78, 5) is 11.9. The van der Waals surface area contributed by atoms with Crippen LogP contribution in [-0.4, -0.2) is 38.5 Å². The Morgan fingerprint density at radius 1 is 1.40 bits per heavy atom. The molecule has 5 nitrogen and oxygen atoms in total. The zero-order chi connectivity index (χ0) is 14.5. The molecule has 2 N–H and O–H groups in total. The lowest BCUT2D eigenvalue weighted by molar-refractivity contribution is 0.0744. The predicted molar refractivity (Wildman–Crippen MR) is 71.9 cm³/mol. The van der Waals surface area contributed by atoms with E-state index in [-0.39, 0.29) is 30.0 Å². The number of carbonyl (C=O) groups excluding carboxylic acids is 1. The first kappa shape index (κ1) is 14.7. The van der Waals surface area contributed by atoms with Gasteiger partial charge >= 0.3 is 6.03 Å². The van der Waals surface area contributed by atoms with E-state index in [0.717, 1.165) is 5.56 Å². The highest BCUT2D eigenvalue weighted by atomic mass is 19.1. The zero-order valence-electron chi connectivity index (χ0n) is 11.6. The Morgan fingerprint density at radius 3 is 2.75 bits per heavy atom. The van der Waals surface area contributed by atoms with E-state index in [0.29, 0.717) is 13.2 Å². The molecule has 1 aliphatic rings. The van der Waals surface area contributed by atoms with Gasteiger partial charge in [-0.05, 0) is 24.6 Å². The fourth-order valence-corrected chi connectivity index (χ4v) is 2.14. The van der Waals surface area contributed by atoms with E-state index in [9.17, 15) is 9.18 Å². The molecule has 0 aromatic heterocycles. The van der Waals surface area contributed by atoms with Gasteiger partial charge in [0.1, 0.15) is 11.9 Å². The standard InChI is InChI=1S/C14H19FN2O3/c1-9(10-3-5-11(15)6-4-10)16-14(18)17-12-7-20-8-13(12)19-2/h3-6,9,12-13H,7-8H2,1-2H3,(H2,16,17,18)/t9-,12+,13-/m1/s1. The Hall–Kier alpha value is -1.66. The van der Waals surface area contributed by atoms with Crippen LogP contribution in [0.25, 0.3) is 0 Å². The maximum Gasteiger partial charge on any atom is 0.315 e. The summed E-state index contributed by atoms with van der Waals surface area (Å²) in [6.45, 7) is 2.76. The molecule has 0 unspecified atom stereocenters. The van der Waals surface area contributed by atoms with E-state index < -0.39 is 0 Å². The molecule has 1 fully saturated rings. The summed E-state index contributed by atoms with van der Waals surface area (Å²) >= 11 is 0. The zero-order valence-corrected chi connectivity index (χ0v) is 11.6. The molecule has 0 aliphatic carbocycles. The summed E-state index contributed by atoms with van der Waals surface area (Å²) in [5, 5.41) is 5.62. The average molecular weight is 282 g/mol. The number of halogens is 1. The van der Waals surface area contributed by atoms with Gasteiger partial charge in [0, 0.05) is 7.11 Å². The average Bonchev–Trinajstić information content (AvgIpc) is 2.86. The van der Waals surface area contributed by atoms with E-state index in [1.165, 1.54) is 12.1 Å². The lowest BCUT2D eigenvalue weighted by Gasteiger charge is -2.20. The number of benzene rings is 1. The molecular weight excluding hydrogens is 263 g/mol. The third-order valence-corrected chi connectivity index (χ3v) is 3.37. The highest BCUT2D eigenvalue weighted by molar-refractivity contribution is 5.74. The first-order valence-electron chi connectivity index (χ1n) is 6.53. The minimum Gasteiger partial charge on any atom is -0.377 e. The number of amides is 2. The first-order valence-corrected chi connectivity index (χ1v) is 6.53. The van der Waals surface area contributed by atoms with Crippen LogP contribution < -0.4 is 10.6 Å². The Kier molecular flexibility index (Phi) is 4.92. The molecule has 1 aliphatic heterocycles. The van der Waals surface area contributed by atoms with Crippen molar-refractivity contribution in [2.24, 2.45) is 0 Å². The van der Waals surface area contributed by atoms with Gasteiger partial charge in [0.15, 0.2) is 0 Å². The van der Waals surface area contributed by atoms with Crippen LogP contribution in [0.2, 0.25) is 0 Å². The molecular formula is C14H19FN2O3. The van der Waals surface area contributed by atoms with E-state index in [2.05, 4.69) is 10.6 Å². The first-order chi connectivity index (χ1) is 9.60. The molecule has 2 amide bonds. The molecule has 1 saturated heterocycles. The molecule has 0 bridgehead atoms. The fourth-order valence-electron chi connectivity index (χ4n) is 2.14. The number of nitrogens with one attached hydrogen (secondary N) is 2. The van der Waals surface area contributed by atoms with Gasteiger partial charge in [-0.3, -0.25) is 0 Å². The third kappa shape index (κ3) is 3.68. The lowest BCUT2D eigenvalue weighted by Crippen LogP contribution is -2.48. The number of urea groups is 1. The fraction of sp³-hybridized carbons (Fsp3) is 0.500. The molecule has 6 heteroatoms. The summed E-state index contributed by atoms with van der Waals surface area (Å²) in [6, 6.07) is 5.39. The van der Waals surface area contributed by atoms with Crippen molar-refractivity contribution < 1.29 is 18.7 Å². The molecule has 1 aromatic rings. The van der Waals surface area contributed by atoms with E-state index in [1.807, 2.05) is 6.92 Å². The highest BCUT2D eigenvalue weighted by Gasteiger charge is 2.29. The largest absolute Gasteiger partial charge is 0.377 e. The van der Waals surface area contributed by atoms with Crippen LogP contribution in [0.5, 0.6) is 0 Å². The smallest absolute Gasteiger partial charge is 0.315 e. The molecule has 1 aromatic carbocycles. The van der Waals surface area contributed by atoms with Crippen LogP contribution in [0.4, 0.5) is 9.18 Å². The van der Waals surface area contributed by atoms with Gasteiger partial charge in [-0.1, -0.05) is 12.1 Å². The van der Waals surface area contributed by atoms with E-state index in [4.69, 9.17) is 9.47 Å². The highest BCUT2D eigenvalue weighted by Crippen LogP contribution is 2.13. The molecule has 1 heterocycles. The monoisotopic (exact) mass is 282 g/mol. The quantitative estimate of drug-likeness (QED) is 0.882. The summed E-state index contributed by atoms with van der Waals surface area (Å²) in [5.41, 5.74) is 0.840. The van der Waals surface area contributed by atoms with E-state index in [1.54, 1.807) is 19.2 Å². The van der Waals surface area contributed by atoms with Crippen molar-refractivity contribution in [2.75, 3.05) is 20.3 Å². The number of carbonyl (C=O) groups is 1. The van der Waals surface area contributed by atoms with Gasteiger partial charge in [-0.2, -0.15) is 0 Å². The van der Waals surface area contributed by atoms with Gasteiger partial charge in [-0.15, -0.1) is 0 Å². The van der Waals surface area contributed by atoms with Gasteiger partial charge in [0.05, 0.1) is 25.3 Å². The summed E-state index contributed by atoms with van der Waals surface area (Å²) in [5.74, 6) is -0.295. The van der Waals surface area contributed by atoms with Crippen LogP contribution in [-0.2, 0) is 9.47 Å². The summed E-state index contributed by atoms with van der Waals surface area (Å²) in [6.07, 6.45) is -0.123. The molecule has 2 rings (SSSR count). The molecule has 0 saturated carbocycles. The van der Waals surface area contributed by atoms with Crippen molar-refractivity contribution in [1.82, 2.24) is 10.6 Å². The molecule has 0 radical (unpaired) electrons.